The highest BCUT2D eigenvalue weighted by Crippen LogP contribution is 2.29. The summed E-state index contributed by atoms with van der Waals surface area (Å²) >= 11 is 0. The van der Waals surface area contributed by atoms with Crippen molar-refractivity contribution < 1.29 is 28.5 Å². The summed E-state index contributed by atoms with van der Waals surface area (Å²) < 4.78 is 21.6. The molecule has 0 aromatic heterocycles. The SMILES string of the molecule is COc1ccc(C(=O)NCC(=O)N/N=C\c2ccc(OCc3ccccc3C#N)c(OC)c2)cc1OC. The van der Waals surface area contributed by atoms with Crippen molar-refractivity contribution in [2.75, 3.05) is 27.9 Å². The second-order valence-corrected chi connectivity index (χ2v) is 7.51. The number of nitriles is 1. The summed E-state index contributed by atoms with van der Waals surface area (Å²) in [7, 11) is 4.48. The van der Waals surface area contributed by atoms with Crippen molar-refractivity contribution in [2.24, 2.45) is 5.10 Å². The standard InChI is InChI=1S/C27H26N4O6/c1-34-22-11-9-19(13-25(22)36-3)27(33)29-16-26(32)31-30-15-18-8-10-23(24(12-18)35-2)37-17-21-7-5-4-6-20(21)14-28/h4-13,15H,16-17H2,1-3H3,(H,29,33)(H,31,32)/b30-15-. The van der Waals surface area contributed by atoms with E-state index < -0.39 is 11.8 Å². The fourth-order valence-electron chi connectivity index (χ4n) is 3.25. The van der Waals surface area contributed by atoms with E-state index in [1.165, 1.54) is 33.6 Å². The van der Waals surface area contributed by atoms with Gasteiger partial charge in [0.1, 0.15) is 6.61 Å². The lowest BCUT2D eigenvalue weighted by molar-refractivity contribution is -0.120. The number of ether oxygens (including phenoxy) is 4. The van der Waals surface area contributed by atoms with Gasteiger partial charge in [0, 0.05) is 11.1 Å². The molecule has 0 bridgehead atoms. The van der Waals surface area contributed by atoms with Gasteiger partial charge in [-0.15, -0.1) is 0 Å². The average molecular weight is 503 g/mol. The molecule has 0 unspecified atom stereocenters. The molecule has 0 atom stereocenters. The van der Waals surface area contributed by atoms with Gasteiger partial charge in [-0.2, -0.15) is 10.4 Å². The number of amides is 2. The van der Waals surface area contributed by atoms with Crippen LogP contribution in [0.4, 0.5) is 0 Å². The lowest BCUT2D eigenvalue weighted by Gasteiger charge is -2.12. The zero-order valence-electron chi connectivity index (χ0n) is 20.6. The molecule has 2 amide bonds. The average Bonchev–Trinajstić information content (AvgIpc) is 2.94. The van der Waals surface area contributed by atoms with Crippen LogP contribution < -0.4 is 29.7 Å². The van der Waals surface area contributed by atoms with E-state index in [0.29, 0.717) is 39.7 Å². The summed E-state index contributed by atoms with van der Waals surface area (Å²) in [5.41, 5.74) is 4.63. The number of nitrogens with one attached hydrogen (secondary N) is 2. The van der Waals surface area contributed by atoms with E-state index in [1.54, 1.807) is 42.5 Å². The molecule has 3 aromatic carbocycles. The molecule has 3 rings (SSSR count). The maximum Gasteiger partial charge on any atom is 0.259 e. The van der Waals surface area contributed by atoms with Crippen molar-refractivity contribution in [1.29, 1.82) is 5.26 Å². The Hall–Kier alpha value is -5.04. The monoisotopic (exact) mass is 502 g/mol. The van der Waals surface area contributed by atoms with Crippen molar-refractivity contribution in [2.45, 2.75) is 6.61 Å². The van der Waals surface area contributed by atoms with Gasteiger partial charge < -0.3 is 24.3 Å². The van der Waals surface area contributed by atoms with Gasteiger partial charge in [-0.3, -0.25) is 9.59 Å². The fourth-order valence-corrected chi connectivity index (χ4v) is 3.25. The van der Waals surface area contributed by atoms with E-state index in [9.17, 15) is 14.9 Å². The molecule has 0 fully saturated rings. The molecule has 3 aromatic rings. The van der Waals surface area contributed by atoms with Crippen molar-refractivity contribution in [3.8, 4) is 29.1 Å². The first kappa shape index (κ1) is 26.6. The zero-order valence-corrected chi connectivity index (χ0v) is 20.6. The van der Waals surface area contributed by atoms with E-state index in [4.69, 9.17) is 18.9 Å². The number of benzene rings is 3. The molecule has 10 nitrogen and oxygen atoms in total. The van der Waals surface area contributed by atoms with Gasteiger partial charge in [-0.25, -0.2) is 5.43 Å². The predicted molar refractivity (Wildman–Crippen MR) is 136 cm³/mol. The van der Waals surface area contributed by atoms with E-state index in [1.807, 2.05) is 12.1 Å². The van der Waals surface area contributed by atoms with Gasteiger partial charge in [-0.1, -0.05) is 18.2 Å². The molecule has 2 N–H and O–H groups in total. The third-order valence-corrected chi connectivity index (χ3v) is 5.17. The van der Waals surface area contributed by atoms with Crippen LogP contribution in [0.3, 0.4) is 0 Å². The number of carbonyl (C=O) groups is 2. The van der Waals surface area contributed by atoms with Crippen LogP contribution in [0.1, 0.15) is 27.0 Å². The normalized spacial score (nSPS) is 10.3. The number of nitrogens with zero attached hydrogens (tertiary/aromatic N) is 2. The Labute approximate surface area is 214 Å². The number of hydrogen-bond acceptors (Lipinski definition) is 8. The highest BCUT2D eigenvalue weighted by atomic mass is 16.5. The predicted octanol–water partition coefficient (Wildman–Crippen LogP) is 3.04. The Morgan fingerprint density at radius 2 is 1.62 bits per heavy atom. The van der Waals surface area contributed by atoms with Crippen LogP contribution in [-0.4, -0.2) is 45.9 Å². The van der Waals surface area contributed by atoms with Crippen molar-refractivity contribution >= 4 is 18.0 Å². The highest BCUT2D eigenvalue weighted by Gasteiger charge is 2.12. The van der Waals surface area contributed by atoms with Crippen LogP contribution in [0.5, 0.6) is 23.0 Å². The molecule has 190 valence electrons. The van der Waals surface area contributed by atoms with Crippen molar-refractivity contribution in [3.05, 3.63) is 82.9 Å². The third kappa shape index (κ3) is 7.22. The van der Waals surface area contributed by atoms with Crippen molar-refractivity contribution in [1.82, 2.24) is 10.7 Å². The molecular weight excluding hydrogens is 476 g/mol. The smallest absolute Gasteiger partial charge is 0.259 e. The molecule has 10 heteroatoms. The molecule has 0 saturated carbocycles. The molecule has 37 heavy (non-hydrogen) atoms. The van der Waals surface area contributed by atoms with Crippen LogP contribution in [0.15, 0.2) is 65.8 Å². The van der Waals surface area contributed by atoms with Gasteiger partial charge in [0.2, 0.25) is 0 Å². The minimum absolute atomic E-state index is 0.207. The molecular formula is C27H26N4O6. The second-order valence-electron chi connectivity index (χ2n) is 7.51. The number of rotatable bonds is 11. The molecule has 0 aliphatic heterocycles. The first-order valence-electron chi connectivity index (χ1n) is 11.1. The Kier molecular flexibility index (Phi) is 9.44. The summed E-state index contributed by atoms with van der Waals surface area (Å²) in [5.74, 6) is 0.905. The van der Waals surface area contributed by atoms with Gasteiger partial charge in [0.05, 0.1) is 45.7 Å². The van der Waals surface area contributed by atoms with Gasteiger partial charge >= 0.3 is 0 Å². The fraction of sp³-hybridized carbons (Fsp3) is 0.185. The summed E-state index contributed by atoms with van der Waals surface area (Å²) in [6.45, 7) is -0.0661. The van der Waals surface area contributed by atoms with E-state index >= 15 is 0 Å². The first-order valence-corrected chi connectivity index (χ1v) is 11.1. The summed E-state index contributed by atoms with van der Waals surface area (Å²) in [5, 5.41) is 15.7. The Bertz CT molecular complexity index is 1330. The highest BCUT2D eigenvalue weighted by molar-refractivity contribution is 5.97. The Balaban J connectivity index is 1.53. The summed E-state index contributed by atoms with van der Waals surface area (Å²) in [4.78, 5) is 24.4. The molecule has 0 aliphatic rings. The molecule has 0 aliphatic carbocycles. The topological polar surface area (TPSA) is 131 Å². The Morgan fingerprint density at radius 1 is 0.919 bits per heavy atom. The number of hydrazone groups is 1. The molecule has 0 heterocycles. The van der Waals surface area contributed by atoms with E-state index in [2.05, 4.69) is 21.9 Å². The summed E-state index contributed by atoms with van der Waals surface area (Å²) in [6.07, 6.45) is 1.44. The first-order chi connectivity index (χ1) is 18.0. The van der Waals surface area contributed by atoms with E-state index in [0.717, 1.165) is 5.56 Å². The lowest BCUT2D eigenvalue weighted by Crippen LogP contribution is -2.34. The zero-order chi connectivity index (χ0) is 26.6. The maximum absolute atomic E-state index is 12.3. The number of hydrogen-bond donors (Lipinski definition) is 2. The van der Waals surface area contributed by atoms with Crippen molar-refractivity contribution in [3.63, 3.8) is 0 Å². The van der Waals surface area contributed by atoms with Gasteiger partial charge in [0.25, 0.3) is 11.8 Å². The van der Waals surface area contributed by atoms with Gasteiger partial charge in [-0.05, 0) is 48.0 Å². The quantitative estimate of drug-likeness (QED) is 0.304. The van der Waals surface area contributed by atoms with E-state index in [-0.39, 0.29) is 13.2 Å². The van der Waals surface area contributed by atoms with Crippen LogP contribution in [0.2, 0.25) is 0 Å². The molecule has 0 radical (unpaired) electrons. The summed E-state index contributed by atoms with van der Waals surface area (Å²) in [6, 6.07) is 19.2. The van der Waals surface area contributed by atoms with Gasteiger partial charge in [0.15, 0.2) is 23.0 Å². The minimum atomic E-state index is -0.506. The Morgan fingerprint density at radius 3 is 2.35 bits per heavy atom. The maximum atomic E-state index is 12.3. The van der Waals surface area contributed by atoms with Crippen LogP contribution in [0.25, 0.3) is 0 Å². The van der Waals surface area contributed by atoms with Crippen LogP contribution in [-0.2, 0) is 11.4 Å². The number of methoxy groups -OCH3 is 3. The van der Waals surface area contributed by atoms with Crippen LogP contribution >= 0.6 is 0 Å². The second kappa shape index (κ2) is 13.2. The van der Waals surface area contributed by atoms with Crippen LogP contribution in [0, 0.1) is 11.3 Å². The minimum Gasteiger partial charge on any atom is -0.493 e. The lowest BCUT2D eigenvalue weighted by atomic mass is 10.1. The third-order valence-electron chi connectivity index (χ3n) is 5.17. The largest absolute Gasteiger partial charge is 0.493 e. The number of carbonyl (C=O) groups excluding carboxylic acids is 2. The molecule has 0 saturated heterocycles. The molecule has 0 spiro atoms.